The number of rotatable bonds is 7. The second kappa shape index (κ2) is 9.21. The van der Waals surface area contributed by atoms with Crippen molar-refractivity contribution >= 4 is 29.5 Å². The molecule has 3 N–H and O–H groups in total. The van der Waals surface area contributed by atoms with Crippen molar-refractivity contribution in [2.75, 3.05) is 13.1 Å². The molecule has 2 aromatic rings. The minimum atomic E-state index is -1.53. The van der Waals surface area contributed by atoms with Gasteiger partial charge < -0.3 is 20.4 Å². The molecule has 0 aromatic heterocycles. The molecule has 0 spiro atoms. The van der Waals surface area contributed by atoms with E-state index in [4.69, 9.17) is 10.2 Å². The Labute approximate surface area is 177 Å². The van der Waals surface area contributed by atoms with Crippen LogP contribution in [0.3, 0.4) is 0 Å². The quantitative estimate of drug-likeness (QED) is 0.567. The lowest BCUT2D eigenvalue weighted by Crippen LogP contribution is -2.52. The molecule has 9 heteroatoms. The molecule has 160 valence electrons. The number of piperidine rings is 1. The van der Waals surface area contributed by atoms with Gasteiger partial charge in [0.2, 0.25) is 11.8 Å². The monoisotopic (exact) mass is 424 g/mol. The van der Waals surface area contributed by atoms with Crippen molar-refractivity contribution in [3.63, 3.8) is 0 Å². The Hall–Kier alpha value is -4.01. The van der Waals surface area contributed by atoms with Gasteiger partial charge in [-0.15, -0.1) is 0 Å². The van der Waals surface area contributed by atoms with Crippen molar-refractivity contribution in [3.8, 4) is 11.1 Å². The second-order valence-corrected chi connectivity index (χ2v) is 7.10. The number of hydrogen-bond donors (Lipinski definition) is 3. The topological polar surface area (TPSA) is 141 Å². The average Bonchev–Trinajstić information content (AvgIpc) is 2.75. The zero-order valence-electron chi connectivity index (χ0n) is 16.4. The molecule has 0 saturated carbocycles. The van der Waals surface area contributed by atoms with Crippen LogP contribution in [0.5, 0.6) is 0 Å². The Morgan fingerprint density at radius 1 is 0.935 bits per heavy atom. The number of carboxylic acid groups (broad SMARTS) is 2. The number of hydrogen-bond acceptors (Lipinski definition) is 5. The standard InChI is InChI=1S/C22H20N2O7/c25-17-9-10-24(21(29)19(17)20(28)23-11-18(26)27)12-13-1-3-14(4-2-13)15-5-7-16(8-6-15)22(30)31/h1-8,19H,9-12H2,(H,23,28)(H,26,27)(H,30,31). The van der Waals surface area contributed by atoms with Crippen LogP contribution in [0.25, 0.3) is 11.1 Å². The number of amides is 2. The fourth-order valence-electron chi connectivity index (χ4n) is 3.33. The Bertz CT molecular complexity index is 1030. The Kier molecular flexibility index (Phi) is 6.44. The van der Waals surface area contributed by atoms with Gasteiger partial charge in [-0.25, -0.2) is 4.79 Å². The fraction of sp³-hybridized carbons (Fsp3) is 0.227. The minimum Gasteiger partial charge on any atom is -0.480 e. The van der Waals surface area contributed by atoms with Crippen LogP contribution in [0.4, 0.5) is 0 Å². The number of likely N-dealkylation sites (tertiary alicyclic amines) is 1. The fourth-order valence-corrected chi connectivity index (χ4v) is 3.33. The maximum Gasteiger partial charge on any atom is 0.335 e. The van der Waals surface area contributed by atoms with Gasteiger partial charge in [0.05, 0.1) is 5.56 Å². The number of Topliss-reactive ketones (excluding diaryl/α,β-unsaturated/α-hetero) is 1. The summed E-state index contributed by atoms with van der Waals surface area (Å²) < 4.78 is 0. The third kappa shape index (κ3) is 5.13. The lowest BCUT2D eigenvalue weighted by atomic mass is 9.94. The third-order valence-electron chi connectivity index (χ3n) is 4.98. The van der Waals surface area contributed by atoms with Crippen molar-refractivity contribution in [1.82, 2.24) is 10.2 Å². The average molecular weight is 424 g/mol. The summed E-state index contributed by atoms with van der Waals surface area (Å²) in [5.74, 6) is -5.86. The van der Waals surface area contributed by atoms with Crippen LogP contribution in [-0.2, 0) is 25.7 Å². The first-order valence-corrected chi connectivity index (χ1v) is 9.50. The first-order valence-electron chi connectivity index (χ1n) is 9.50. The van der Waals surface area contributed by atoms with E-state index >= 15 is 0 Å². The number of ketones is 1. The number of nitrogens with one attached hydrogen (secondary N) is 1. The van der Waals surface area contributed by atoms with Gasteiger partial charge in [0.15, 0.2) is 11.7 Å². The highest BCUT2D eigenvalue weighted by Gasteiger charge is 2.40. The third-order valence-corrected chi connectivity index (χ3v) is 4.98. The largest absolute Gasteiger partial charge is 0.480 e. The summed E-state index contributed by atoms with van der Waals surface area (Å²) in [6.07, 6.45) is 0.0188. The van der Waals surface area contributed by atoms with Crippen LogP contribution in [0.1, 0.15) is 22.3 Å². The van der Waals surface area contributed by atoms with Crippen LogP contribution in [0.15, 0.2) is 48.5 Å². The molecular weight excluding hydrogens is 404 g/mol. The molecule has 0 bridgehead atoms. The maximum absolute atomic E-state index is 12.7. The van der Waals surface area contributed by atoms with E-state index < -0.39 is 42.0 Å². The highest BCUT2D eigenvalue weighted by Crippen LogP contribution is 2.22. The lowest BCUT2D eigenvalue weighted by molar-refractivity contribution is -0.152. The van der Waals surface area contributed by atoms with E-state index in [9.17, 15) is 24.0 Å². The predicted octanol–water partition coefficient (Wildman–Crippen LogP) is 1.17. The van der Waals surface area contributed by atoms with E-state index in [0.717, 1.165) is 16.7 Å². The van der Waals surface area contributed by atoms with E-state index in [0.29, 0.717) is 0 Å². The number of carbonyl (C=O) groups is 5. The second-order valence-electron chi connectivity index (χ2n) is 7.10. The van der Waals surface area contributed by atoms with E-state index in [1.165, 1.54) is 17.0 Å². The summed E-state index contributed by atoms with van der Waals surface area (Å²) in [6.45, 7) is -0.281. The van der Waals surface area contributed by atoms with Crippen molar-refractivity contribution in [3.05, 3.63) is 59.7 Å². The molecule has 1 aliphatic heterocycles. The normalized spacial score (nSPS) is 16.1. The summed E-state index contributed by atoms with van der Waals surface area (Å²) >= 11 is 0. The number of aliphatic carboxylic acids is 1. The molecule has 2 amide bonds. The van der Waals surface area contributed by atoms with Crippen molar-refractivity contribution < 1.29 is 34.2 Å². The highest BCUT2D eigenvalue weighted by molar-refractivity contribution is 6.19. The molecule has 1 unspecified atom stereocenters. The SMILES string of the molecule is O=C(O)CNC(=O)C1C(=O)CCN(Cc2ccc(-c3ccc(C(=O)O)cc3)cc2)C1=O. The van der Waals surface area contributed by atoms with Gasteiger partial charge in [0.25, 0.3) is 0 Å². The number of nitrogens with zero attached hydrogens (tertiary/aromatic N) is 1. The van der Waals surface area contributed by atoms with Gasteiger partial charge in [0.1, 0.15) is 6.54 Å². The van der Waals surface area contributed by atoms with Gasteiger partial charge in [-0.3, -0.25) is 19.2 Å². The number of carboxylic acids is 2. The molecular formula is C22H20N2O7. The summed E-state index contributed by atoms with van der Waals surface area (Å²) in [7, 11) is 0. The van der Waals surface area contributed by atoms with E-state index in [1.54, 1.807) is 12.1 Å². The van der Waals surface area contributed by atoms with E-state index in [2.05, 4.69) is 5.32 Å². The first-order chi connectivity index (χ1) is 14.8. The van der Waals surface area contributed by atoms with Crippen LogP contribution in [-0.4, -0.2) is 57.7 Å². The lowest BCUT2D eigenvalue weighted by Gasteiger charge is -2.30. The first kappa shape index (κ1) is 21.7. The Morgan fingerprint density at radius 2 is 1.52 bits per heavy atom. The molecule has 31 heavy (non-hydrogen) atoms. The summed E-state index contributed by atoms with van der Waals surface area (Å²) in [5.41, 5.74) is 2.69. The molecule has 1 atom stereocenters. The molecule has 1 heterocycles. The van der Waals surface area contributed by atoms with Gasteiger partial charge in [0, 0.05) is 19.5 Å². The number of carbonyl (C=O) groups excluding carboxylic acids is 3. The molecule has 3 rings (SSSR count). The molecule has 2 aromatic carbocycles. The van der Waals surface area contributed by atoms with Gasteiger partial charge in [-0.2, -0.15) is 0 Å². The summed E-state index contributed by atoms with van der Waals surface area (Å²) in [5, 5.41) is 19.7. The van der Waals surface area contributed by atoms with Crippen LogP contribution in [0.2, 0.25) is 0 Å². The smallest absolute Gasteiger partial charge is 0.335 e. The maximum atomic E-state index is 12.7. The number of aromatic carboxylic acids is 1. The molecule has 0 aliphatic carbocycles. The van der Waals surface area contributed by atoms with Crippen LogP contribution < -0.4 is 5.32 Å². The van der Waals surface area contributed by atoms with Gasteiger partial charge in [-0.1, -0.05) is 36.4 Å². The van der Waals surface area contributed by atoms with Gasteiger partial charge in [-0.05, 0) is 28.8 Å². The zero-order valence-corrected chi connectivity index (χ0v) is 16.4. The van der Waals surface area contributed by atoms with Crippen molar-refractivity contribution in [2.45, 2.75) is 13.0 Å². The molecule has 1 fully saturated rings. The Balaban J connectivity index is 1.68. The Morgan fingerprint density at radius 3 is 2.06 bits per heavy atom. The van der Waals surface area contributed by atoms with E-state index in [-0.39, 0.29) is 25.1 Å². The van der Waals surface area contributed by atoms with Crippen LogP contribution >= 0.6 is 0 Å². The van der Waals surface area contributed by atoms with Crippen molar-refractivity contribution in [1.29, 1.82) is 0 Å². The molecule has 1 aliphatic rings. The minimum absolute atomic E-state index is 0.0188. The number of benzene rings is 2. The summed E-state index contributed by atoms with van der Waals surface area (Å²) in [4.78, 5) is 59.8. The predicted molar refractivity (Wildman–Crippen MR) is 108 cm³/mol. The summed E-state index contributed by atoms with van der Waals surface area (Å²) in [6, 6.07) is 13.7. The van der Waals surface area contributed by atoms with Crippen LogP contribution in [0, 0.1) is 5.92 Å². The highest BCUT2D eigenvalue weighted by atomic mass is 16.4. The van der Waals surface area contributed by atoms with E-state index in [1.807, 2.05) is 24.3 Å². The molecule has 9 nitrogen and oxygen atoms in total. The zero-order chi connectivity index (χ0) is 22.5. The molecule has 1 saturated heterocycles. The van der Waals surface area contributed by atoms with Gasteiger partial charge >= 0.3 is 11.9 Å². The molecule has 0 radical (unpaired) electrons. The van der Waals surface area contributed by atoms with Crippen molar-refractivity contribution in [2.24, 2.45) is 5.92 Å².